The van der Waals surface area contributed by atoms with Crippen LogP contribution in [0.5, 0.6) is 0 Å². The predicted molar refractivity (Wildman–Crippen MR) is 119 cm³/mol. The molecule has 0 radical (unpaired) electrons. The standard InChI is InChI=1S/C23H26N4O3S/c1-23(2,3)21(29)24-17-10-8-15(9-11-17)19(28)14-31-22-26-25-20(16-6-7-16)27(22)13-18-5-4-12-30-18/h4-5,8-12,16H,6-7,13-14H2,1-3H3,(H,24,29). The lowest BCUT2D eigenvalue weighted by atomic mass is 9.95. The molecule has 2 aromatic heterocycles. The van der Waals surface area contributed by atoms with Gasteiger partial charge in [-0.25, -0.2) is 0 Å². The monoisotopic (exact) mass is 438 g/mol. The number of hydrogen-bond donors (Lipinski definition) is 1. The average Bonchev–Trinajstić information content (AvgIpc) is 3.29. The van der Waals surface area contributed by atoms with Crippen molar-refractivity contribution in [3.8, 4) is 0 Å². The number of carbonyl (C=O) groups is 2. The topological polar surface area (TPSA) is 90.0 Å². The second kappa shape index (κ2) is 8.70. The molecule has 0 spiro atoms. The molecule has 1 aliphatic carbocycles. The second-order valence-corrected chi connectivity index (χ2v) is 9.72. The van der Waals surface area contributed by atoms with E-state index in [4.69, 9.17) is 4.42 Å². The first-order valence-electron chi connectivity index (χ1n) is 10.3. The van der Waals surface area contributed by atoms with Gasteiger partial charge in [0, 0.05) is 22.6 Å². The van der Waals surface area contributed by atoms with Gasteiger partial charge in [-0.3, -0.25) is 14.2 Å². The first-order chi connectivity index (χ1) is 14.8. The SMILES string of the molecule is CC(C)(C)C(=O)Nc1ccc(C(=O)CSc2nnc(C3CC3)n2Cc2ccco2)cc1. The second-order valence-electron chi connectivity index (χ2n) is 8.77. The molecule has 0 aliphatic heterocycles. The summed E-state index contributed by atoms with van der Waals surface area (Å²) in [7, 11) is 0. The number of nitrogens with one attached hydrogen (secondary N) is 1. The summed E-state index contributed by atoms with van der Waals surface area (Å²) < 4.78 is 7.54. The fourth-order valence-electron chi connectivity index (χ4n) is 3.03. The van der Waals surface area contributed by atoms with Crippen molar-refractivity contribution < 1.29 is 14.0 Å². The Morgan fingerprint density at radius 1 is 1.16 bits per heavy atom. The molecule has 7 nitrogen and oxygen atoms in total. The predicted octanol–water partition coefficient (Wildman–Crippen LogP) is 4.76. The van der Waals surface area contributed by atoms with Crippen LogP contribution in [0, 0.1) is 5.41 Å². The smallest absolute Gasteiger partial charge is 0.229 e. The molecule has 31 heavy (non-hydrogen) atoms. The molecule has 0 saturated heterocycles. The van der Waals surface area contributed by atoms with Crippen LogP contribution in [-0.4, -0.2) is 32.2 Å². The van der Waals surface area contributed by atoms with Crippen molar-refractivity contribution >= 4 is 29.1 Å². The van der Waals surface area contributed by atoms with E-state index in [0.717, 1.165) is 29.6 Å². The van der Waals surface area contributed by atoms with Gasteiger partial charge in [0.05, 0.1) is 18.6 Å². The summed E-state index contributed by atoms with van der Waals surface area (Å²) in [5.41, 5.74) is 0.799. The van der Waals surface area contributed by atoms with Gasteiger partial charge >= 0.3 is 0 Å². The third-order valence-corrected chi connectivity index (χ3v) is 6.03. The van der Waals surface area contributed by atoms with Crippen LogP contribution in [0.3, 0.4) is 0 Å². The number of rotatable bonds is 8. The molecular weight excluding hydrogens is 412 g/mol. The van der Waals surface area contributed by atoms with E-state index in [9.17, 15) is 9.59 Å². The molecule has 162 valence electrons. The Hall–Kier alpha value is -2.87. The van der Waals surface area contributed by atoms with Crippen LogP contribution in [0.2, 0.25) is 0 Å². The number of aromatic nitrogens is 3. The van der Waals surface area contributed by atoms with E-state index in [2.05, 4.69) is 20.1 Å². The highest BCUT2D eigenvalue weighted by Crippen LogP contribution is 2.40. The van der Waals surface area contributed by atoms with E-state index in [-0.39, 0.29) is 17.4 Å². The molecule has 1 fully saturated rings. The summed E-state index contributed by atoms with van der Waals surface area (Å²) in [5, 5.41) is 12.3. The molecular formula is C23H26N4O3S. The molecule has 0 unspecified atom stereocenters. The van der Waals surface area contributed by atoms with E-state index >= 15 is 0 Å². The molecule has 0 atom stereocenters. The highest BCUT2D eigenvalue weighted by Gasteiger charge is 2.31. The number of amides is 1. The average molecular weight is 439 g/mol. The van der Waals surface area contributed by atoms with Crippen LogP contribution < -0.4 is 5.32 Å². The quantitative estimate of drug-likeness (QED) is 0.403. The number of anilines is 1. The van der Waals surface area contributed by atoms with Crippen molar-refractivity contribution in [1.82, 2.24) is 14.8 Å². The molecule has 1 amide bonds. The molecule has 0 bridgehead atoms. The van der Waals surface area contributed by atoms with Crippen LogP contribution in [0.1, 0.15) is 61.5 Å². The first kappa shape index (κ1) is 21.4. The van der Waals surface area contributed by atoms with E-state index < -0.39 is 5.41 Å². The molecule has 8 heteroatoms. The Kier molecular flexibility index (Phi) is 6.00. The van der Waals surface area contributed by atoms with Gasteiger partial charge in [0.1, 0.15) is 11.6 Å². The molecule has 1 aliphatic rings. The molecule has 4 rings (SSSR count). The van der Waals surface area contributed by atoms with Gasteiger partial charge in [-0.1, -0.05) is 32.5 Å². The fourth-order valence-corrected chi connectivity index (χ4v) is 3.87. The van der Waals surface area contributed by atoms with Gasteiger partial charge in [0.15, 0.2) is 10.9 Å². The van der Waals surface area contributed by atoms with Crippen LogP contribution in [0.25, 0.3) is 0 Å². The minimum Gasteiger partial charge on any atom is -0.467 e. The summed E-state index contributed by atoms with van der Waals surface area (Å²) in [4.78, 5) is 24.8. The van der Waals surface area contributed by atoms with Gasteiger partial charge in [-0.15, -0.1) is 10.2 Å². The van der Waals surface area contributed by atoms with Crippen LogP contribution in [0.15, 0.2) is 52.2 Å². The Bertz CT molecular complexity index is 1060. The number of ketones is 1. The van der Waals surface area contributed by atoms with E-state index in [0.29, 0.717) is 23.7 Å². The fraction of sp³-hybridized carbons (Fsp3) is 0.391. The number of hydrogen-bond acceptors (Lipinski definition) is 6. The third-order valence-electron chi connectivity index (χ3n) is 5.06. The van der Waals surface area contributed by atoms with Crippen LogP contribution in [-0.2, 0) is 11.3 Å². The van der Waals surface area contributed by atoms with Crippen LogP contribution in [0.4, 0.5) is 5.69 Å². The maximum absolute atomic E-state index is 12.7. The Labute approximate surface area is 185 Å². The summed E-state index contributed by atoms with van der Waals surface area (Å²) in [6.07, 6.45) is 3.90. The van der Waals surface area contributed by atoms with E-state index in [1.54, 1.807) is 30.5 Å². The zero-order chi connectivity index (χ0) is 22.0. The highest BCUT2D eigenvalue weighted by atomic mass is 32.2. The van der Waals surface area contributed by atoms with Gasteiger partial charge in [-0.05, 0) is 49.2 Å². The maximum Gasteiger partial charge on any atom is 0.229 e. The number of nitrogens with zero attached hydrogens (tertiary/aromatic N) is 3. The maximum atomic E-state index is 12.7. The van der Waals surface area contributed by atoms with Crippen molar-refractivity contribution in [2.24, 2.45) is 5.41 Å². The van der Waals surface area contributed by atoms with Crippen LogP contribution >= 0.6 is 11.8 Å². The van der Waals surface area contributed by atoms with E-state index in [1.165, 1.54) is 11.8 Å². The van der Waals surface area contributed by atoms with Crippen molar-refractivity contribution in [3.05, 3.63) is 59.8 Å². The van der Waals surface area contributed by atoms with Gasteiger partial charge < -0.3 is 9.73 Å². The largest absolute Gasteiger partial charge is 0.467 e. The zero-order valence-electron chi connectivity index (χ0n) is 17.9. The summed E-state index contributed by atoms with van der Waals surface area (Å²) in [5.74, 6) is 2.44. The molecule has 2 heterocycles. The Morgan fingerprint density at radius 2 is 1.90 bits per heavy atom. The Balaban J connectivity index is 1.40. The normalized spacial score (nSPS) is 13.9. The number of Topliss-reactive ketones (excluding diaryl/α,β-unsaturated/α-hetero) is 1. The number of carbonyl (C=O) groups excluding carboxylic acids is 2. The van der Waals surface area contributed by atoms with Gasteiger partial charge in [0.2, 0.25) is 5.91 Å². The lowest BCUT2D eigenvalue weighted by molar-refractivity contribution is -0.123. The highest BCUT2D eigenvalue weighted by molar-refractivity contribution is 7.99. The summed E-state index contributed by atoms with van der Waals surface area (Å²) in [6.45, 7) is 6.13. The summed E-state index contributed by atoms with van der Waals surface area (Å²) >= 11 is 1.38. The minimum atomic E-state index is -0.476. The first-order valence-corrected chi connectivity index (χ1v) is 11.3. The minimum absolute atomic E-state index is 0.000724. The van der Waals surface area contributed by atoms with Crippen molar-refractivity contribution in [2.45, 2.75) is 51.2 Å². The number of benzene rings is 1. The van der Waals surface area contributed by atoms with Crippen molar-refractivity contribution in [3.63, 3.8) is 0 Å². The van der Waals surface area contributed by atoms with Gasteiger partial charge in [-0.2, -0.15) is 0 Å². The zero-order valence-corrected chi connectivity index (χ0v) is 18.7. The van der Waals surface area contributed by atoms with Gasteiger partial charge in [0.25, 0.3) is 0 Å². The Morgan fingerprint density at radius 3 is 2.52 bits per heavy atom. The molecule has 1 N–H and O–H groups in total. The van der Waals surface area contributed by atoms with E-state index in [1.807, 2.05) is 32.9 Å². The lowest BCUT2D eigenvalue weighted by Gasteiger charge is -2.17. The number of thioether (sulfide) groups is 1. The summed E-state index contributed by atoms with van der Waals surface area (Å²) in [6, 6.07) is 10.8. The third kappa shape index (κ3) is 5.25. The van der Waals surface area contributed by atoms with Crippen molar-refractivity contribution in [1.29, 1.82) is 0 Å². The molecule has 3 aromatic rings. The lowest BCUT2D eigenvalue weighted by Crippen LogP contribution is -2.27. The molecule has 1 aromatic carbocycles. The molecule has 1 saturated carbocycles. The van der Waals surface area contributed by atoms with Crippen molar-refractivity contribution in [2.75, 3.05) is 11.1 Å². The number of furan rings is 1.